The van der Waals surface area contributed by atoms with Crippen LogP contribution in [0.2, 0.25) is 0 Å². The Hall–Kier alpha value is -1.89. The van der Waals surface area contributed by atoms with Crippen LogP contribution in [0, 0.1) is 13.8 Å². The van der Waals surface area contributed by atoms with Crippen LogP contribution in [0.25, 0.3) is 0 Å². The van der Waals surface area contributed by atoms with Gasteiger partial charge in [0.2, 0.25) is 5.91 Å². The van der Waals surface area contributed by atoms with Gasteiger partial charge in [-0.3, -0.25) is 14.3 Å². The number of hydrogen-bond acceptors (Lipinski definition) is 5. The molecule has 1 amide bonds. The van der Waals surface area contributed by atoms with E-state index in [0.717, 1.165) is 11.4 Å². The van der Waals surface area contributed by atoms with E-state index in [-0.39, 0.29) is 12.5 Å². The fourth-order valence-electron chi connectivity index (χ4n) is 2.10. The molecule has 1 aromatic heterocycles. The van der Waals surface area contributed by atoms with E-state index >= 15 is 0 Å². The molecule has 0 fully saturated rings. The van der Waals surface area contributed by atoms with Gasteiger partial charge >= 0.3 is 5.97 Å². The third-order valence-electron chi connectivity index (χ3n) is 3.19. The van der Waals surface area contributed by atoms with Gasteiger partial charge in [0.25, 0.3) is 0 Å². The van der Waals surface area contributed by atoms with Crippen LogP contribution in [0.4, 0.5) is 0 Å². The first-order valence-electron chi connectivity index (χ1n) is 6.78. The maximum Gasteiger partial charge on any atom is 0.325 e. The number of ether oxygens (including phenoxy) is 2. The summed E-state index contributed by atoms with van der Waals surface area (Å²) < 4.78 is 11.3. The third kappa shape index (κ3) is 4.56. The Balaban J connectivity index is 2.87. The van der Waals surface area contributed by atoms with Gasteiger partial charge in [0.05, 0.1) is 19.4 Å². The lowest BCUT2D eigenvalue weighted by molar-refractivity contribution is -0.148. The summed E-state index contributed by atoms with van der Waals surface area (Å²) in [6, 6.07) is 1.42. The number of methoxy groups -OCH3 is 2. The molecule has 0 radical (unpaired) electrons. The lowest BCUT2D eigenvalue weighted by Gasteiger charge is -2.25. The molecular weight excluding hydrogens is 274 g/mol. The molecule has 21 heavy (non-hydrogen) atoms. The van der Waals surface area contributed by atoms with Crippen molar-refractivity contribution in [1.82, 2.24) is 14.7 Å². The van der Waals surface area contributed by atoms with E-state index < -0.39 is 12.0 Å². The van der Waals surface area contributed by atoms with Crippen molar-refractivity contribution in [3.05, 3.63) is 17.5 Å². The van der Waals surface area contributed by atoms with E-state index in [2.05, 4.69) is 9.84 Å². The van der Waals surface area contributed by atoms with E-state index in [9.17, 15) is 9.59 Å². The maximum absolute atomic E-state index is 12.6. The highest BCUT2D eigenvalue weighted by Crippen LogP contribution is 2.13. The van der Waals surface area contributed by atoms with Gasteiger partial charge in [-0.2, -0.15) is 5.10 Å². The predicted molar refractivity (Wildman–Crippen MR) is 76.9 cm³/mol. The average molecular weight is 297 g/mol. The van der Waals surface area contributed by atoms with E-state index in [4.69, 9.17) is 4.74 Å². The Morgan fingerprint density at radius 1 is 1.38 bits per heavy atom. The molecule has 7 heteroatoms. The van der Waals surface area contributed by atoms with Crippen LogP contribution in [0.1, 0.15) is 24.4 Å². The van der Waals surface area contributed by atoms with Gasteiger partial charge in [0.15, 0.2) is 0 Å². The first-order chi connectivity index (χ1) is 9.90. The van der Waals surface area contributed by atoms with Gasteiger partial charge in [-0.1, -0.05) is 0 Å². The number of hydrogen-bond donors (Lipinski definition) is 0. The van der Waals surface area contributed by atoms with Crippen LogP contribution in [-0.4, -0.2) is 60.5 Å². The second-order valence-corrected chi connectivity index (χ2v) is 4.88. The van der Waals surface area contributed by atoms with Crippen LogP contribution in [-0.2, 0) is 19.1 Å². The number of aryl methyl sites for hydroxylation is 2. The zero-order valence-electron chi connectivity index (χ0n) is 13.3. The fraction of sp³-hybridized carbons (Fsp3) is 0.643. The van der Waals surface area contributed by atoms with Crippen molar-refractivity contribution < 1.29 is 19.1 Å². The van der Waals surface area contributed by atoms with Crippen LogP contribution < -0.4 is 0 Å². The molecule has 1 atom stereocenters. The highest BCUT2D eigenvalue weighted by molar-refractivity contribution is 5.84. The number of rotatable bonds is 7. The van der Waals surface area contributed by atoms with Crippen molar-refractivity contribution in [2.75, 3.05) is 33.9 Å². The number of carbonyl (C=O) groups is 2. The van der Waals surface area contributed by atoms with Gasteiger partial charge in [-0.15, -0.1) is 0 Å². The highest BCUT2D eigenvalue weighted by atomic mass is 16.5. The van der Waals surface area contributed by atoms with Gasteiger partial charge in [-0.05, 0) is 26.8 Å². The van der Waals surface area contributed by atoms with E-state index in [1.165, 1.54) is 12.0 Å². The molecule has 118 valence electrons. The smallest absolute Gasteiger partial charge is 0.325 e. The Labute approximate surface area is 124 Å². The lowest BCUT2D eigenvalue weighted by atomic mass is 10.2. The van der Waals surface area contributed by atoms with Crippen molar-refractivity contribution in [3.8, 4) is 0 Å². The first-order valence-corrected chi connectivity index (χ1v) is 6.78. The van der Waals surface area contributed by atoms with E-state index in [1.54, 1.807) is 18.7 Å². The molecule has 7 nitrogen and oxygen atoms in total. The van der Waals surface area contributed by atoms with E-state index in [0.29, 0.717) is 13.2 Å². The van der Waals surface area contributed by atoms with E-state index in [1.807, 2.05) is 19.9 Å². The van der Waals surface area contributed by atoms with Crippen LogP contribution >= 0.6 is 0 Å². The molecule has 0 aliphatic rings. The molecule has 0 saturated carbocycles. The van der Waals surface area contributed by atoms with Crippen molar-refractivity contribution in [2.45, 2.75) is 26.8 Å². The zero-order chi connectivity index (χ0) is 16.0. The lowest BCUT2D eigenvalue weighted by Crippen LogP contribution is -2.42. The van der Waals surface area contributed by atoms with Gasteiger partial charge in [0, 0.05) is 19.3 Å². The molecule has 0 aliphatic carbocycles. The second kappa shape index (κ2) is 7.78. The van der Waals surface area contributed by atoms with Gasteiger partial charge < -0.3 is 14.4 Å². The highest BCUT2D eigenvalue weighted by Gasteiger charge is 2.25. The van der Waals surface area contributed by atoms with Crippen LogP contribution in [0.15, 0.2) is 6.07 Å². The summed E-state index contributed by atoms with van der Waals surface area (Å²) in [7, 11) is 2.84. The Bertz CT molecular complexity index is 498. The normalized spacial score (nSPS) is 12.0. The molecule has 0 spiro atoms. The summed E-state index contributed by atoms with van der Waals surface area (Å²) in [6.07, 6.45) is 0. The standard InChI is InChI=1S/C14H23N3O4/c1-10-8-11(2)17(15-10)12(3)14(19)16(6-7-20-4)9-13(18)21-5/h8,12H,6-7,9H2,1-5H3. The van der Waals surface area contributed by atoms with Crippen molar-refractivity contribution in [2.24, 2.45) is 0 Å². The van der Waals surface area contributed by atoms with Gasteiger partial charge in [-0.25, -0.2) is 0 Å². The minimum Gasteiger partial charge on any atom is -0.468 e. The Kier molecular flexibility index (Phi) is 6.36. The fourth-order valence-corrected chi connectivity index (χ4v) is 2.10. The van der Waals surface area contributed by atoms with Crippen LogP contribution in [0.3, 0.4) is 0 Å². The summed E-state index contributed by atoms with van der Waals surface area (Å²) >= 11 is 0. The minimum absolute atomic E-state index is 0.0949. The Morgan fingerprint density at radius 3 is 2.52 bits per heavy atom. The maximum atomic E-state index is 12.6. The number of amides is 1. The third-order valence-corrected chi connectivity index (χ3v) is 3.19. The molecular formula is C14H23N3O4. The van der Waals surface area contributed by atoms with Gasteiger partial charge in [0.1, 0.15) is 12.6 Å². The molecule has 0 aliphatic heterocycles. The molecule has 1 aromatic rings. The molecule has 0 N–H and O–H groups in total. The van der Waals surface area contributed by atoms with Crippen LogP contribution in [0.5, 0.6) is 0 Å². The zero-order valence-corrected chi connectivity index (χ0v) is 13.3. The predicted octanol–water partition coefficient (Wildman–Crippen LogP) is 0.709. The summed E-state index contributed by atoms with van der Waals surface area (Å²) in [5.41, 5.74) is 1.75. The van der Waals surface area contributed by atoms with Crippen molar-refractivity contribution in [1.29, 1.82) is 0 Å². The summed E-state index contributed by atoms with van der Waals surface area (Å²) in [5.74, 6) is -0.649. The number of carbonyl (C=O) groups excluding carboxylic acids is 2. The number of aromatic nitrogens is 2. The molecule has 1 unspecified atom stereocenters. The average Bonchev–Trinajstić information content (AvgIpc) is 2.80. The van der Waals surface area contributed by atoms with Crippen molar-refractivity contribution in [3.63, 3.8) is 0 Å². The SMILES string of the molecule is COCCN(CC(=O)OC)C(=O)C(C)n1nc(C)cc1C. The molecule has 0 aromatic carbocycles. The largest absolute Gasteiger partial charge is 0.468 e. The first kappa shape index (κ1) is 17.2. The Morgan fingerprint density at radius 2 is 2.05 bits per heavy atom. The molecule has 0 saturated heterocycles. The number of nitrogens with zero attached hydrogens (tertiary/aromatic N) is 3. The second-order valence-electron chi connectivity index (χ2n) is 4.88. The summed E-state index contributed by atoms with van der Waals surface area (Å²) in [4.78, 5) is 25.4. The summed E-state index contributed by atoms with van der Waals surface area (Å²) in [6.45, 7) is 6.11. The molecule has 1 heterocycles. The summed E-state index contributed by atoms with van der Waals surface area (Å²) in [5, 5.41) is 4.31. The molecule has 1 rings (SSSR count). The quantitative estimate of drug-likeness (QED) is 0.693. The number of esters is 1. The topological polar surface area (TPSA) is 73.7 Å². The molecule has 0 bridgehead atoms. The van der Waals surface area contributed by atoms with Crippen molar-refractivity contribution >= 4 is 11.9 Å². The monoisotopic (exact) mass is 297 g/mol. The minimum atomic E-state index is -0.486.